The third-order valence-corrected chi connectivity index (χ3v) is 1.85. The first-order chi connectivity index (χ1) is 8.01. The molecule has 0 aliphatic carbocycles. The highest BCUT2D eigenvalue weighted by molar-refractivity contribution is 5.66. The summed E-state index contributed by atoms with van der Waals surface area (Å²) in [6.07, 6.45) is 2.93. The number of nitrogens with zero attached hydrogens (tertiary/aromatic N) is 3. The smallest absolute Gasteiger partial charge is 0.162 e. The van der Waals surface area contributed by atoms with Crippen molar-refractivity contribution in [3.63, 3.8) is 0 Å². The van der Waals surface area contributed by atoms with Crippen LogP contribution in [0.4, 0.5) is 5.82 Å². The van der Waals surface area contributed by atoms with Crippen LogP contribution in [0.25, 0.3) is 11.6 Å². The topological polar surface area (TPSA) is 38.1 Å². The summed E-state index contributed by atoms with van der Waals surface area (Å²) in [7, 11) is 0. The summed E-state index contributed by atoms with van der Waals surface area (Å²) in [6, 6.07) is 0. The molecular formula is C14H21N3. The van der Waals surface area contributed by atoms with Crippen molar-refractivity contribution in [2.45, 2.75) is 34.1 Å². The molecule has 1 rings (SSSR count). The lowest BCUT2D eigenvalue weighted by Crippen LogP contribution is -1.97. The van der Waals surface area contributed by atoms with E-state index in [-0.39, 0.29) is 0 Å². The normalized spacial score (nSPS) is 8.94. The highest BCUT2D eigenvalue weighted by atomic mass is 15.0. The predicted octanol–water partition coefficient (Wildman–Crippen LogP) is 4.21. The van der Waals surface area contributed by atoms with Crippen molar-refractivity contribution >= 4 is 24.2 Å². The average Bonchev–Trinajstić information content (AvgIpc) is 2.28. The molecule has 3 nitrogen and oxygen atoms in total. The molecule has 1 aromatic rings. The lowest BCUT2D eigenvalue weighted by Gasteiger charge is -2.06. The van der Waals surface area contributed by atoms with Crippen LogP contribution in [0, 0.1) is 6.92 Å². The van der Waals surface area contributed by atoms with E-state index < -0.39 is 0 Å². The van der Waals surface area contributed by atoms with E-state index in [0.29, 0.717) is 11.6 Å². The molecule has 3 heteroatoms. The van der Waals surface area contributed by atoms with Crippen LogP contribution in [-0.2, 0) is 0 Å². The van der Waals surface area contributed by atoms with Crippen molar-refractivity contribution in [2.24, 2.45) is 4.99 Å². The van der Waals surface area contributed by atoms with Crippen molar-refractivity contribution in [1.29, 1.82) is 0 Å². The van der Waals surface area contributed by atoms with Gasteiger partial charge in [0.15, 0.2) is 11.6 Å². The zero-order valence-electron chi connectivity index (χ0n) is 11.2. The van der Waals surface area contributed by atoms with Gasteiger partial charge in [0.25, 0.3) is 0 Å². The minimum Gasteiger partial charge on any atom is -0.244 e. The molecule has 0 aliphatic heterocycles. The Kier molecular flexibility index (Phi) is 6.71. The molecule has 0 atom stereocenters. The zero-order chi connectivity index (χ0) is 13.4. The largest absolute Gasteiger partial charge is 0.244 e. The van der Waals surface area contributed by atoms with E-state index in [9.17, 15) is 0 Å². The zero-order valence-corrected chi connectivity index (χ0v) is 11.2. The summed E-state index contributed by atoms with van der Waals surface area (Å²) in [5, 5.41) is 0. The first-order valence-corrected chi connectivity index (χ1v) is 5.65. The van der Waals surface area contributed by atoms with E-state index >= 15 is 0 Å². The van der Waals surface area contributed by atoms with Gasteiger partial charge in [0.2, 0.25) is 0 Å². The average molecular weight is 231 g/mol. The van der Waals surface area contributed by atoms with E-state index in [1.54, 1.807) is 6.08 Å². The van der Waals surface area contributed by atoms with Gasteiger partial charge in [0.05, 0.1) is 5.69 Å². The van der Waals surface area contributed by atoms with Crippen LogP contribution in [0.15, 0.2) is 18.2 Å². The van der Waals surface area contributed by atoms with Gasteiger partial charge in [-0.2, -0.15) is 0 Å². The third-order valence-electron chi connectivity index (χ3n) is 1.85. The number of aliphatic imine (C=N–C) groups is 1. The molecule has 0 amide bonds. The molecule has 1 aromatic heterocycles. The van der Waals surface area contributed by atoms with Gasteiger partial charge in [-0.3, -0.25) is 0 Å². The molecule has 1 heterocycles. The third kappa shape index (κ3) is 4.31. The van der Waals surface area contributed by atoms with Crippen LogP contribution in [0.3, 0.4) is 0 Å². The number of allylic oxidation sites excluding steroid dienone is 1. The molecule has 0 saturated carbocycles. The summed E-state index contributed by atoms with van der Waals surface area (Å²) in [5.74, 6) is 1.17. The Labute approximate surface area is 104 Å². The molecule has 0 N–H and O–H groups in total. The molecule has 0 spiro atoms. The van der Waals surface area contributed by atoms with Gasteiger partial charge in [-0.05, 0) is 26.1 Å². The Morgan fingerprint density at radius 2 is 1.88 bits per heavy atom. The van der Waals surface area contributed by atoms with Crippen molar-refractivity contribution in [3.05, 3.63) is 30.2 Å². The van der Waals surface area contributed by atoms with Gasteiger partial charge in [0, 0.05) is 5.56 Å². The monoisotopic (exact) mass is 231 g/mol. The highest BCUT2D eigenvalue weighted by Gasteiger charge is 2.07. The van der Waals surface area contributed by atoms with E-state index in [0.717, 1.165) is 16.8 Å². The van der Waals surface area contributed by atoms with E-state index in [1.165, 1.54) is 6.42 Å². The van der Waals surface area contributed by atoms with Crippen molar-refractivity contribution in [3.8, 4) is 0 Å². The van der Waals surface area contributed by atoms with Crippen molar-refractivity contribution in [1.82, 2.24) is 9.97 Å². The van der Waals surface area contributed by atoms with Gasteiger partial charge in [-0.1, -0.05) is 39.5 Å². The Balaban J connectivity index is 0.000000770. The Morgan fingerprint density at radius 3 is 2.24 bits per heavy atom. The van der Waals surface area contributed by atoms with E-state index in [1.807, 2.05) is 13.8 Å². The SMILES string of the molecule is C=Cc1c(C)nc(C(=C)C)nc1N=C.CCC. The lowest BCUT2D eigenvalue weighted by molar-refractivity contribution is 1.05. The molecule has 92 valence electrons. The highest BCUT2D eigenvalue weighted by Crippen LogP contribution is 2.21. The van der Waals surface area contributed by atoms with Gasteiger partial charge < -0.3 is 0 Å². The number of hydrogen-bond acceptors (Lipinski definition) is 3. The molecule has 0 unspecified atom stereocenters. The lowest BCUT2D eigenvalue weighted by atomic mass is 10.2. The second-order valence-electron chi connectivity index (χ2n) is 3.72. The van der Waals surface area contributed by atoms with Crippen molar-refractivity contribution in [2.75, 3.05) is 0 Å². The molecule has 0 fully saturated rings. The van der Waals surface area contributed by atoms with Crippen LogP contribution in [-0.4, -0.2) is 16.7 Å². The van der Waals surface area contributed by atoms with Crippen LogP contribution in [0.2, 0.25) is 0 Å². The van der Waals surface area contributed by atoms with Crippen molar-refractivity contribution < 1.29 is 0 Å². The Hall–Kier alpha value is -1.77. The van der Waals surface area contributed by atoms with E-state index in [2.05, 4.69) is 48.7 Å². The summed E-state index contributed by atoms with van der Waals surface area (Å²) in [4.78, 5) is 12.3. The van der Waals surface area contributed by atoms with E-state index in [4.69, 9.17) is 0 Å². The summed E-state index contributed by atoms with van der Waals surface area (Å²) >= 11 is 0. The molecule has 0 bridgehead atoms. The second-order valence-corrected chi connectivity index (χ2v) is 3.72. The first kappa shape index (κ1) is 15.2. The number of hydrogen-bond donors (Lipinski definition) is 0. The molecule has 0 aromatic carbocycles. The molecule has 17 heavy (non-hydrogen) atoms. The fraction of sp³-hybridized carbons (Fsp3) is 0.357. The minimum absolute atomic E-state index is 0.561. The standard InChI is InChI=1S/C11H13N3.C3H8/c1-6-9-8(4)13-10(7(2)3)14-11(9)12-5;1-3-2/h6H,1-2,5H2,3-4H3;3H2,1-2H3. The second kappa shape index (κ2) is 7.49. The van der Waals surface area contributed by atoms with Crippen LogP contribution in [0.1, 0.15) is 44.3 Å². The number of aryl methyl sites for hydroxylation is 1. The number of aromatic nitrogens is 2. The number of rotatable bonds is 3. The maximum Gasteiger partial charge on any atom is 0.162 e. The molecule has 0 radical (unpaired) electrons. The Morgan fingerprint density at radius 1 is 1.35 bits per heavy atom. The quantitative estimate of drug-likeness (QED) is 0.731. The van der Waals surface area contributed by atoms with Gasteiger partial charge >= 0.3 is 0 Å². The van der Waals surface area contributed by atoms with Gasteiger partial charge in [-0.15, -0.1) is 0 Å². The fourth-order valence-electron chi connectivity index (χ4n) is 1.12. The van der Waals surface area contributed by atoms with Crippen LogP contribution >= 0.6 is 0 Å². The van der Waals surface area contributed by atoms with Crippen LogP contribution in [0.5, 0.6) is 0 Å². The van der Waals surface area contributed by atoms with Crippen LogP contribution < -0.4 is 0 Å². The predicted molar refractivity (Wildman–Crippen MR) is 76.7 cm³/mol. The van der Waals surface area contributed by atoms with Gasteiger partial charge in [0.1, 0.15) is 0 Å². The summed E-state index contributed by atoms with van der Waals surface area (Å²) in [6.45, 7) is 18.9. The first-order valence-electron chi connectivity index (χ1n) is 5.65. The molecule has 0 saturated heterocycles. The Bertz CT molecular complexity index is 420. The van der Waals surface area contributed by atoms with Gasteiger partial charge in [-0.25, -0.2) is 15.0 Å². The maximum absolute atomic E-state index is 4.28. The molecule has 0 aliphatic rings. The molecular weight excluding hydrogens is 210 g/mol. The summed E-state index contributed by atoms with van der Waals surface area (Å²) < 4.78 is 0. The fourth-order valence-corrected chi connectivity index (χ4v) is 1.12. The maximum atomic E-state index is 4.28. The minimum atomic E-state index is 0.561. The summed E-state index contributed by atoms with van der Waals surface area (Å²) in [5.41, 5.74) is 2.48.